The fraction of sp³-hybridized carbons (Fsp3) is 0.368. The van der Waals surface area contributed by atoms with Gasteiger partial charge in [0, 0.05) is 24.6 Å². The van der Waals surface area contributed by atoms with Crippen molar-refractivity contribution >= 4 is 15.9 Å². The zero-order valence-corrected chi connectivity index (χ0v) is 17.1. The van der Waals surface area contributed by atoms with Crippen molar-refractivity contribution in [3.63, 3.8) is 0 Å². The molecule has 2 rings (SSSR count). The van der Waals surface area contributed by atoms with Crippen LogP contribution in [0.5, 0.6) is 0 Å². The maximum absolute atomic E-state index is 14.0. The number of hydrogen-bond acceptors (Lipinski definition) is 5. The molecule has 2 aromatic rings. The smallest absolute Gasteiger partial charge is 0.407 e. The molecular weight excluding hydrogens is 385 g/mol. The van der Waals surface area contributed by atoms with E-state index >= 15 is 0 Å². The van der Waals surface area contributed by atoms with Crippen molar-refractivity contribution in [2.45, 2.75) is 37.8 Å². The summed E-state index contributed by atoms with van der Waals surface area (Å²) >= 11 is 0. The van der Waals surface area contributed by atoms with Gasteiger partial charge in [-0.15, -0.1) is 0 Å². The molecule has 0 atom stereocenters. The van der Waals surface area contributed by atoms with E-state index in [1.807, 2.05) is 0 Å². The lowest BCUT2D eigenvalue weighted by Gasteiger charge is -2.19. The first-order valence-corrected chi connectivity index (χ1v) is 10.5. The van der Waals surface area contributed by atoms with Crippen LogP contribution in [-0.2, 0) is 21.1 Å². The molecule has 1 heterocycles. The second kappa shape index (κ2) is 8.55. The van der Waals surface area contributed by atoms with Crippen LogP contribution < -0.4 is 5.32 Å². The van der Waals surface area contributed by atoms with Crippen LogP contribution >= 0.6 is 0 Å². The van der Waals surface area contributed by atoms with Gasteiger partial charge in [0.2, 0.25) is 0 Å². The van der Waals surface area contributed by atoms with Crippen LogP contribution in [0.25, 0.3) is 11.1 Å². The third kappa shape index (κ3) is 6.80. The lowest BCUT2D eigenvalue weighted by atomic mass is 10.1. The van der Waals surface area contributed by atoms with Crippen LogP contribution in [0.2, 0.25) is 0 Å². The van der Waals surface area contributed by atoms with Gasteiger partial charge in [0.05, 0.1) is 17.6 Å². The van der Waals surface area contributed by atoms with Gasteiger partial charge in [-0.1, -0.05) is 12.1 Å². The molecule has 0 radical (unpaired) electrons. The Morgan fingerprint density at radius 3 is 2.68 bits per heavy atom. The van der Waals surface area contributed by atoms with E-state index in [1.165, 1.54) is 23.0 Å². The van der Waals surface area contributed by atoms with E-state index in [4.69, 9.17) is 4.74 Å². The van der Waals surface area contributed by atoms with Crippen molar-refractivity contribution in [3.8, 4) is 11.1 Å². The zero-order chi connectivity index (χ0) is 20.9. The van der Waals surface area contributed by atoms with Crippen LogP contribution in [0.3, 0.4) is 0 Å². The normalized spacial score (nSPS) is 12.7. The Labute approximate surface area is 164 Å². The second-order valence-corrected chi connectivity index (χ2v) is 9.28. The molecule has 0 spiro atoms. The van der Waals surface area contributed by atoms with Gasteiger partial charge < -0.3 is 10.1 Å². The first-order valence-electron chi connectivity index (χ1n) is 8.58. The fourth-order valence-electron chi connectivity index (χ4n) is 2.28. The van der Waals surface area contributed by atoms with Crippen molar-refractivity contribution in [2.24, 2.45) is 0 Å². The highest BCUT2D eigenvalue weighted by molar-refractivity contribution is 7.90. The van der Waals surface area contributed by atoms with Gasteiger partial charge in [0.15, 0.2) is 9.84 Å². The van der Waals surface area contributed by atoms with Crippen molar-refractivity contribution in [3.05, 3.63) is 48.6 Å². The largest absolute Gasteiger partial charge is 0.444 e. The quantitative estimate of drug-likeness (QED) is 0.790. The van der Waals surface area contributed by atoms with Gasteiger partial charge >= 0.3 is 6.09 Å². The predicted molar refractivity (Wildman–Crippen MR) is 104 cm³/mol. The summed E-state index contributed by atoms with van der Waals surface area (Å²) in [4.78, 5) is 11.7. The van der Waals surface area contributed by atoms with E-state index in [9.17, 15) is 17.6 Å². The number of allylic oxidation sites excluding steroid dienone is 1. The predicted octanol–water partition coefficient (Wildman–Crippen LogP) is 3.33. The average molecular weight is 409 g/mol. The number of rotatable bonds is 6. The average Bonchev–Trinajstić information content (AvgIpc) is 3.01. The van der Waals surface area contributed by atoms with Crippen molar-refractivity contribution in [1.29, 1.82) is 0 Å². The minimum absolute atomic E-state index is 0.00865. The number of carbonyl (C=O) groups excluding carboxylic acids is 1. The van der Waals surface area contributed by atoms with Gasteiger partial charge in [-0.2, -0.15) is 5.10 Å². The SMILES string of the molecule is CC(C)(C)OC(=O)NC/C=C(\F)Cn1cc(-c2cccc(S(C)(=O)=O)c2)cn1. The molecule has 9 heteroatoms. The maximum atomic E-state index is 14.0. The van der Waals surface area contributed by atoms with E-state index < -0.39 is 27.4 Å². The van der Waals surface area contributed by atoms with E-state index in [-0.39, 0.29) is 18.0 Å². The molecule has 7 nitrogen and oxygen atoms in total. The number of benzene rings is 1. The molecule has 0 aliphatic carbocycles. The molecule has 0 unspecified atom stereocenters. The molecule has 0 saturated carbocycles. The minimum atomic E-state index is -3.32. The highest BCUT2D eigenvalue weighted by Crippen LogP contribution is 2.22. The number of hydrogen-bond donors (Lipinski definition) is 1. The topological polar surface area (TPSA) is 90.3 Å². The summed E-state index contributed by atoms with van der Waals surface area (Å²) in [5.74, 6) is -0.476. The number of nitrogens with one attached hydrogen (secondary N) is 1. The second-order valence-electron chi connectivity index (χ2n) is 7.26. The van der Waals surface area contributed by atoms with Crippen LogP contribution in [0.4, 0.5) is 9.18 Å². The summed E-state index contributed by atoms with van der Waals surface area (Å²) in [6.07, 6.45) is 4.91. The number of carbonyl (C=O) groups is 1. The van der Waals surface area contributed by atoms with Crippen LogP contribution in [-0.4, -0.2) is 42.7 Å². The Morgan fingerprint density at radius 1 is 1.32 bits per heavy atom. The van der Waals surface area contributed by atoms with E-state index in [1.54, 1.807) is 45.2 Å². The number of ether oxygens (including phenoxy) is 1. The maximum Gasteiger partial charge on any atom is 0.407 e. The molecule has 152 valence electrons. The Balaban J connectivity index is 1.98. The highest BCUT2D eigenvalue weighted by Gasteiger charge is 2.15. The summed E-state index contributed by atoms with van der Waals surface area (Å²) in [7, 11) is -3.32. The third-order valence-corrected chi connectivity index (χ3v) is 4.62. The van der Waals surface area contributed by atoms with Crippen LogP contribution in [0.1, 0.15) is 20.8 Å². The Hall–Kier alpha value is -2.68. The van der Waals surface area contributed by atoms with Crippen molar-refractivity contribution in [2.75, 3.05) is 12.8 Å². The zero-order valence-electron chi connectivity index (χ0n) is 16.3. The summed E-state index contributed by atoms with van der Waals surface area (Å²) in [6, 6.07) is 6.47. The monoisotopic (exact) mass is 409 g/mol. The van der Waals surface area contributed by atoms with Crippen LogP contribution in [0, 0.1) is 0 Å². The number of nitrogens with zero attached hydrogens (tertiary/aromatic N) is 2. The van der Waals surface area contributed by atoms with Gasteiger partial charge in [-0.3, -0.25) is 4.68 Å². The van der Waals surface area contributed by atoms with E-state index in [0.717, 1.165) is 6.26 Å². The summed E-state index contributed by atoms with van der Waals surface area (Å²) in [5, 5.41) is 6.53. The standard InChI is InChI=1S/C19H24FN3O4S/c1-19(2,3)27-18(24)21-9-8-16(20)13-23-12-15(11-22-23)14-6-5-7-17(10-14)28(4,25)26/h5-8,10-12H,9,13H2,1-4H3,(H,21,24)/b16-8-. The lowest BCUT2D eigenvalue weighted by molar-refractivity contribution is 0.0534. The Morgan fingerprint density at radius 2 is 2.04 bits per heavy atom. The summed E-state index contributed by atoms with van der Waals surface area (Å²) in [6.45, 7) is 5.10. The molecule has 1 amide bonds. The van der Waals surface area contributed by atoms with Crippen molar-refractivity contribution < 1.29 is 22.3 Å². The molecule has 28 heavy (non-hydrogen) atoms. The number of sulfone groups is 1. The molecule has 0 bridgehead atoms. The van der Waals surface area contributed by atoms with E-state index in [2.05, 4.69) is 10.4 Å². The molecular formula is C19H24FN3O4S. The van der Waals surface area contributed by atoms with E-state index in [0.29, 0.717) is 11.1 Å². The Bertz CT molecular complexity index is 975. The first-order chi connectivity index (χ1) is 12.9. The summed E-state index contributed by atoms with van der Waals surface area (Å²) < 4.78 is 43.8. The van der Waals surface area contributed by atoms with Gasteiger partial charge in [-0.25, -0.2) is 17.6 Å². The molecule has 1 aromatic heterocycles. The lowest BCUT2D eigenvalue weighted by Crippen LogP contribution is -2.32. The van der Waals surface area contributed by atoms with Gasteiger partial charge in [0.25, 0.3) is 0 Å². The molecule has 0 aliphatic heterocycles. The summed E-state index contributed by atoms with van der Waals surface area (Å²) in [5.41, 5.74) is 0.724. The fourth-order valence-corrected chi connectivity index (χ4v) is 2.95. The van der Waals surface area contributed by atoms with Crippen LogP contribution in [0.15, 0.2) is 53.5 Å². The highest BCUT2D eigenvalue weighted by atomic mass is 32.2. The molecule has 1 aromatic carbocycles. The third-order valence-electron chi connectivity index (χ3n) is 3.51. The van der Waals surface area contributed by atoms with Crippen molar-refractivity contribution in [1.82, 2.24) is 15.1 Å². The Kier molecular flexibility index (Phi) is 6.60. The number of aromatic nitrogens is 2. The molecule has 0 aliphatic rings. The van der Waals surface area contributed by atoms with Gasteiger partial charge in [-0.05, 0) is 44.5 Å². The number of amides is 1. The first kappa shape index (κ1) is 21.6. The molecule has 1 N–H and O–H groups in total. The number of halogens is 1. The number of alkyl carbamates (subject to hydrolysis) is 1. The molecule has 0 fully saturated rings. The minimum Gasteiger partial charge on any atom is -0.444 e. The molecule has 0 saturated heterocycles. The van der Waals surface area contributed by atoms with Gasteiger partial charge in [0.1, 0.15) is 11.4 Å².